The van der Waals surface area contributed by atoms with Crippen LogP contribution in [0.15, 0.2) is 43.0 Å². The second-order valence-electron chi connectivity index (χ2n) is 12.8. The molecule has 0 aliphatic carbocycles. The molecule has 1 aromatic carbocycles. The summed E-state index contributed by atoms with van der Waals surface area (Å²) in [6, 6.07) is 7.94. The lowest BCUT2D eigenvalue weighted by molar-refractivity contribution is -0.160. The molecule has 0 bridgehead atoms. The van der Waals surface area contributed by atoms with E-state index in [4.69, 9.17) is 14.2 Å². The molecule has 4 atom stereocenters. The molecule has 0 saturated carbocycles. The molecule has 0 aromatic heterocycles. The largest absolute Gasteiger partial charge is 0.458 e. The van der Waals surface area contributed by atoms with Gasteiger partial charge < -0.3 is 19.5 Å². The molecule has 9 heteroatoms. The number of hydrogen-bond acceptors (Lipinski definition) is 7. The molecule has 0 radical (unpaired) electrons. The van der Waals surface area contributed by atoms with Crippen molar-refractivity contribution in [2.75, 3.05) is 5.75 Å². The lowest BCUT2D eigenvalue weighted by Crippen LogP contribution is -2.58. The Kier molecular flexibility index (Phi) is 10.9. The zero-order valence-electron chi connectivity index (χ0n) is 24.9. The van der Waals surface area contributed by atoms with Gasteiger partial charge in [0.15, 0.2) is 0 Å². The molecule has 1 heterocycles. The lowest BCUT2D eigenvalue weighted by atomic mass is 9.94. The SMILES string of the molecule is C=C[C@@H]1C[C@H](C(=O)OC(C)(C)C)N(C(=O)OC(C)(C)C)[C@H]1[C@H](CSCc1ccccc1)NC(=O)OC(C)(C)C. The summed E-state index contributed by atoms with van der Waals surface area (Å²) in [7, 11) is 0. The van der Waals surface area contributed by atoms with Gasteiger partial charge in [0.1, 0.15) is 22.8 Å². The second kappa shape index (κ2) is 13.1. The number of esters is 1. The molecule has 0 spiro atoms. The maximum absolute atomic E-state index is 13.6. The molecule has 2 amide bonds. The molecule has 39 heavy (non-hydrogen) atoms. The molecule has 1 N–H and O–H groups in total. The number of likely N-dealkylation sites (tertiary alicyclic amines) is 1. The van der Waals surface area contributed by atoms with Gasteiger partial charge in [-0.25, -0.2) is 14.4 Å². The molecule has 2 rings (SSSR count). The van der Waals surface area contributed by atoms with Gasteiger partial charge in [0, 0.05) is 17.4 Å². The fraction of sp³-hybridized carbons (Fsp3) is 0.633. The second-order valence-corrected chi connectivity index (χ2v) is 13.8. The van der Waals surface area contributed by atoms with Gasteiger partial charge in [-0.15, -0.1) is 6.58 Å². The van der Waals surface area contributed by atoms with Crippen LogP contribution in [0.2, 0.25) is 0 Å². The normalized spacial score (nSPS) is 20.6. The number of nitrogens with zero attached hydrogens (tertiary/aromatic N) is 1. The number of rotatable bonds is 8. The van der Waals surface area contributed by atoms with Gasteiger partial charge in [0.05, 0.1) is 12.1 Å². The molecule has 1 aliphatic rings. The van der Waals surface area contributed by atoms with Crippen molar-refractivity contribution in [3.63, 3.8) is 0 Å². The Morgan fingerprint density at radius 2 is 1.54 bits per heavy atom. The van der Waals surface area contributed by atoms with Crippen molar-refractivity contribution in [1.29, 1.82) is 0 Å². The van der Waals surface area contributed by atoms with Crippen molar-refractivity contribution in [3.8, 4) is 0 Å². The Balaban J connectivity index is 2.46. The van der Waals surface area contributed by atoms with E-state index in [9.17, 15) is 14.4 Å². The van der Waals surface area contributed by atoms with Gasteiger partial charge in [-0.1, -0.05) is 36.4 Å². The molecular weight excluding hydrogens is 516 g/mol. The first-order valence-electron chi connectivity index (χ1n) is 13.4. The first-order chi connectivity index (χ1) is 17.9. The van der Waals surface area contributed by atoms with E-state index in [1.807, 2.05) is 30.3 Å². The fourth-order valence-electron chi connectivity index (χ4n) is 4.36. The third kappa shape index (κ3) is 10.8. The van der Waals surface area contributed by atoms with E-state index in [0.29, 0.717) is 17.9 Å². The maximum atomic E-state index is 13.6. The van der Waals surface area contributed by atoms with Crippen LogP contribution in [0.1, 0.15) is 74.3 Å². The van der Waals surface area contributed by atoms with E-state index < -0.39 is 53.1 Å². The van der Waals surface area contributed by atoms with Crippen molar-refractivity contribution >= 4 is 29.9 Å². The number of carbonyl (C=O) groups is 3. The Hall–Kier alpha value is -2.68. The number of ether oxygens (including phenoxy) is 3. The van der Waals surface area contributed by atoms with Crippen molar-refractivity contribution < 1.29 is 28.6 Å². The third-order valence-corrected chi connectivity index (χ3v) is 6.83. The van der Waals surface area contributed by atoms with E-state index >= 15 is 0 Å². The predicted molar refractivity (Wildman–Crippen MR) is 156 cm³/mol. The van der Waals surface area contributed by atoms with Crippen LogP contribution in [-0.2, 0) is 24.8 Å². The molecule has 0 unspecified atom stereocenters. The first-order valence-corrected chi connectivity index (χ1v) is 14.5. The van der Waals surface area contributed by atoms with Crippen molar-refractivity contribution in [2.45, 2.75) is 109 Å². The molecule has 8 nitrogen and oxygen atoms in total. The summed E-state index contributed by atoms with van der Waals surface area (Å²) in [6.45, 7) is 20.0. The molecule has 1 aliphatic heterocycles. The third-order valence-electron chi connectivity index (χ3n) is 5.70. The monoisotopic (exact) mass is 562 g/mol. The van der Waals surface area contributed by atoms with Crippen molar-refractivity contribution in [2.24, 2.45) is 5.92 Å². The van der Waals surface area contributed by atoms with Crippen LogP contribution in [0.5, 0.6) is 0 Å². The highest BCUT2D eigenvalue weighted by Crippen LogP contribution is 2.37. The molecule has 218 valence electrons. The van der Waals surface area contributed by atoms with E-state index in [2.05, 4.69) is 11.9 Å². The number of thioether (sulfide) groups is 1. The number of alkyl carbamates (subject to hydrolysis) is 1. The molecule has 1 fully saturated rings. The number of nitrogens with one attached hydrogen (secondary N) is 1. The van der Waals surface area contributed by atoms with E-state index in [1.54, 1.807) is 80.2 Å². The zero-order chi connectivity index (χ0) is 29.6. The summed E-state index contributed by atoms with van der Waals surface area (Å²) in [4.78, 5) is 41.4. The number of amides is 2. The van der Waals surface area contributed by atoms with E-state index in [-0.39, 0.29) is 5.92 Å². The van der Waals surface area contributed by atoms with Crippen LogP contribution < -0.4 is 5.32 Å². The van der Waals surface area contributed by atoms with Gasteiger partial charge in [0.2, 0.25) is 0 Å². The van der Waals surface area contributed by atoms with Crippen LogP contribution in [0.25, 0.3) is 0 Å². The number of benzene rings is 1. The van der Waals surface area contributed by atoms with Crippen LogP contribution in [-0.4, -0.2) is 63.7 Å². The summed E-state index contributed by atoms with van der Waals surface area (Å²) in [5.41, 5.74) is -1.09. The highest BCUT2D eigenvalue weighted by atomic mass is 32.2. The highest BCUT2D eigenvalue weighted by Gasteiger charge is 2.52. The number of hydrogen-bond donors (Lipinski definition) is 1. The minimum absolute atomic E-state index is 0.299. The van der Waals surface area contributed by atoms with Gasteiger partial charge in [0.25, 0.3) is 0 Å². The van der Waals surface area contributed by atoms with Gasteiger partial charge in [-0.05, 0) is 74.3 Å². The van der Waals surface area contributed by atoms with Gasteiger partial charge in [-0.2, -0.15) is 11.8 Å². The average Bonchev–Trinajstić information content (AvgIpc) is 3.16. The van der Waals surface area contributed by atoms with Crippen LogP contribution in [0, 0.1) is 5.92 Å². The molecule has 1 saturated heterocycles. The number of carbonyl (C=O) groups excluding carboxylic acids is 3. The Morgan fingerprint density at radius 1 is 0.974 bits per heavy atom. The smallest absolute Gasteiger partial charge is 0.411 e. The van der Waals surface area contributed by atoms with Crippen LogP contribution in [0.4, 0.5) is 9.59 Å². The summed E-state index contributed by atoms with van der Waals surface area (Å²) < 4.78 is 17.0. The topological polar surface area (TPSA) is 94.2 Å². The minimum Gasteiger partial charge on any atom is -0.458 e. The minimum atomic E-state index is -0.894. The summed E-state index contributed by atoms with van der Waals surface area (Å²) >= 11 is 1.62. The Bertz CT molecular complexity index is 993. The average molecular weight is 563 g/mol. The van der Waals surface area contributed by atoms with Crippen LogP contribution in [0.3, 0.4) is 0 Å². The zero-order valence-corrected chi connectivity index (χ0v) is 25.7. The molecule has 1 aromatic rings. The standard InChI is InChI=1S/C30H46N2O6S/c1-11-21-17-23(25(33)36-28(2,3)4)32(27(35)38-30(8,9)10)24(21)22(31-26(34)37-29(5,6)7)19-39-18-20-15-13-12-14-16-20/h11-16,21-24H,1,17-19H2,2-10H3,(H,31,34)/t21-,22+,23-,24-/m1/s1. The lowest BCUT2D eigenvalue weighted by Gasteiger charge is -2.37. The summed E-state index contributed by atoms with van der Waals surface area (Å²) in [6.07, 6.45) is 0.799. The maximum Gasteiger partial charge on any atom is 0.411 e. The molecular formula is C30H46N2O6S. The summed E-state index contributed by atoms with van der Waals surface area (Å²) in [5.74, 6) is 0.354. The summed E-state index contributed by atoms with van der Waals surface area (Å²) in [5, 5.41) is 2.99. The van der Waals surface area contributed by atoms with Gasteiger partial charge in [-0.3, -0.25) is 4.90 Å². The Morgan fingerprint density at radius 3 is 2.05 bits per heavy atom. The van der Waals surface area contributed by atoms with Gasteiger partial charge >= 0.3 is 18.2 Å². The predicted octanol–water partition coefficient (Wildman–Crippen LogP) is 6.34. The highest BCUT2D eigenvalue weighted by molar-refractivity contribution is 7.98. The van der Waals surface area contributed by atoms with E-state index in [0.717, 1.165) is 5.56 Å². The fourth-order valence-corrected chi connectivity index (χ4v) is 5.44. The Labute approximate surface area is 238 Å². The quantitative estimate of drug-likeness (QED) is 0.225. The van der Waals surface area contributed by atoms with Crippen molar-refractivity contribution in [3.05, 3.63) is 48.6 Å². The first kappa shape index (κ1) is 32.5. The van der Waals surface area contributed by atoms with E-state index in [1.165, 1.54) is 4.90 Å². The van der Waals surface area contributed by atoms with Crippen LogP contribution >= 0.6 is 11.8 Å². The van der Waals surface area contributed by atoms with Crippen molar-refractivity contribution in [1.82, 2.24) is 10.2 Å².